The molecule has 4 heteroatoms. The molecule has 4 aliphatic carbocycles. The van der Waals surface area contributed by atoms with Crippen molar-refractivity contribution in [1.29, 1.82) is 0 Å². The van der Waals surface area contributed by atoms with Gasteiger partial charge < -0.3 is 19.5 Å². The zero-order valence-electron chi connectivity index (χ0n) is 27.4. The molecule has 0 spiro atoms. The Morgan fingerprint density at radius 1 is 0.950 bits per heavy atom. The van der Waals surface area contributed by atoms with E-state index in [1.54, 1.807) is 5.57 Å². The van der Waals surface area contributed by atoms with Crippen LogP contribution in [0.15, 0.2) is 11.6 Å². The zero-order chi connectivity index (χ0) is 28.9. The number of nitrogens with zero attached hydrogens (tertiary/aromatic N) is 1. The van der Waals surface area contributed by atoms with E-state index in [2.05, 4.69) is 45.6 Å². The minimum absolute atomic E-state index is 0.0834. The largest absolute Gasteiger partial charge is 0.394 e. The van der Waals surface area contributed by atoms with Crippen molar-refractivity contribution in [3.05, 3.63) is 11.6 Å². The smallest absolute Gasteiger partial charge is 0.0931 e. The number of unbranched alkanes of at least 4 members (excludes halogenated alkanes) is 1. The minimum atomic E-state index is -0.0834. The normalized spacial score (nSPS) is 37.1. The molecule has 4 nitrogen and oxygen atoms in total. The van der Waals surface area contributed by atoms with Crippen molar-refractivity contribution in [2.24, 2.45) is 46.3 Å². The predicted molar refractivity (Wildman–Crippen MR) is 167 cm³/mol. The van der Waals surface area contributed by atoms with Crippen molar-refractivity contribution in [2.75, 3.05) is 40.5 Å². The van der Waals surface area contributed by atoms with E-state index >= 15 is 0 Å². The summed E-state index contributed by atoms with van der Waals surface area (Å²) in [7, 11) is 4.03. The summed E-state index contributed by atoms with van der Waals surface area (Å²) in [6.45, 7) is 15.1. The Hall–Kier alpha value is -0.420. The Kier molecular flexibility index (Phi) is 11.7. The molecule has 0 bridgehead atoms. The van der Waals surface area contributed by atoms with Crippen LogP contribution in [0.5, 0.6) is 0 Å². The Balaban J connectivity index is 1.25. The monoisotopic (exact) mass is 559 g/mol. The first-order valence-electron chi connectivity index (χ1n) is 17.3. The Bertz CT molecular complexity index is 810. The van der Waals surface area contributed by atoms with Gasteiger partial charge in [0.05, 0.1) is 18.8 Å². The molecule has 4 aliphatic rings. The highest BCUT2D eigenvalue weighted by Crippen LogP contribution is 2.67. The van der Waals surface area contributed by atoms with E-state index in [-0.39, 0.29) is 12.7 Å². The van der Waals surface area contributed by atoms with Gasteiger partial charge in [-0.25, -0.2) is 0 Å². The zero-order valence-corrected chi connectivity index (χ0v) is 27.4. The summed E-state index contributed by atoms with van der Waals surface area (Å²) >= 11 is 0. The first-order valence-corrected chi connectivity index (χ1v) is 17.3. The van der Waals surface area contributed by atoms with E-state index in [0.29, 0.717) is 23.5 Å². The first-order chi connectivity index (χ1) is 19.1. The Morgan fingerprint density at radius 2 is 1.73 bits per heavy atom. The van der Waals surface area contributed by atoms with E-state index in [0.717, 1.165) is 67.9 Å². The third kappa shape index (κ3) is 7.37. The number of hydrogen-bond donors (Lipinski definition) is 1. The van der Waals surface area contributed by atoms with Crippen molar-refractivity contribution in [1.82, 2.24) is 4.90 Å². The number of ether oxygens (including phenoxy) is 2. The minimum Gasteiger partial charge on any atom is -0.394 e. The quantitative estimate of drug-likeness (QED) is 0.162. The summed E-state index contributed by atoms with van der Waals surface area (Å²) < 4.78 is 12.3. The van der Waals surface area contributed by atoms with Gasteiger partial charge in [0.15, 0.2) is 0 Å². The van der Waals surface area contributed by atoms with Crippen LogP contribution in [0.4, 0.5) is 0 Å². The second kappa shape index (κ2) is 14.4. The van der Waals surface area contributed by atoms with Crippen molar-refractivity contribution >= 4 is 0 Å². The molecule has 0 heterocycles. The maximum Gasteiger partial charge on any atom is 0.0931 e. The Labute approximate surface area is 248 Å². The molecule has 1 N–H and O–H groups in total. The molecule has 4 rings (SSSR count). The van der Waals surface area contributed by atoms with E-state index in [9.17, 15) is 5.11 Å². The van der Waals surface area contributed by atoms with E-state index in [4.69, 9.17) is 9.47 Å². The number of hydrogen-bond acceptors (Lipinski definition) is 4. The van der Waals surface area contributed by atoms with Crippen LogP contribution in [0.25, 0.3) is 0 Å². The van der Waals surface area contributed by atoms with Gasteiger partial charge in [-0.15, -0.1) is 0 Å². The highest BCUT2D eigenvalue weighted by molar-refractivity contribution is 5.25. The molecule has 9 atom stereocenters. The van der Waals surface area contributed by atoms with Crippen molar-refractivity contribution in [3.8, 4) is 0 Å². The molecule has 232 valence electrons. The average Bonchev–Trinajstić information content (AvgIpc) is 3.26. The lowest BCUT2D eigenvalue weighted by Gasteiger charge is -2.58. The molecule has 6 unspecified atom stereocenters. The average molecular weight is 560 g/mol. The first kappa shape index (κ1) is 32.5. The van der Waals surface area contributed by atoms with E-state index in [1.165, 1.54) is 64.2 Å². The third-order valence-corrected chi connectivity index (χ3v) is 12.3. The van der Waals surface area contributed by atoms with Gasteiger partial charge in [0.25, 0.3) is 0 Å². The van der Waals surface area contributed by atoms with Gasteiger partial charge in [-0.3, -0.25) is 0 Å². The fourth-order valence-corrected chi connectivity index (χ4v) is 10.1. The second-order valence-corrected chi connectivity index (χ2v) is 15.7. The maximum absolute atomic E-state index is 9.49. The summed E-state index contributed by atoms with van der Waals surface area (Å²) in [6, 6.07) is 0. The Morgan fingerprint density at radius 3 is 2.45 bits per heavy atom. The molecule has 3 fully saturated rings. The second-order valence-electron chi connectivity index (χ2n) is 15.7. The number of allylic oxidation sites excluding steroid dienone is 1. The van der Waals surface area contributed by atoms with Gasteiger partial charge in [-0.05, 0) is 125 Å². The van der Waals surface area contributed by atoms with Crippen LogP contribution in [0, 0.1) is 46.3 Å². The highest BCUT2D eigenvalue weighted by Gasteiger charge is 2.59. The van der Waals surface area contributed by atoms with Crippen molar-refractivity contribution < 1.29 is 14.6 Å². The molecule has 0 amide bonds. The lowest BCUT2D eigenvalue weighted by Crippen LogP contribution is -2.51. The standard InChI is InChI=1S/C36H65NO3/c1-26(2)11-10-12-27(3)32-15-16-33-31-14-13-28-23-29(17-19-35(28,4)34(31)18-20-36(32,33)5)39-21-8-9-22-40-30(25-38)24-37(6)7/h13,26-27,29-34,38H,8-12,14-25H2,1-7H3/t27?,29-,30?,31?,32?,33?,34?,35-,36+/m0/s1. The van der Waals surface area contributed by atoms with Gasteiger partial charge in [0, 0.05) is 19.8 Å². The molecule has 0 aliphatic heterocycles. The van der Waals surface area contributed by atoms with Crippen molar-refractivity contribution in [2.45, 2.75) is 130 Å². The van der Waals surface area contributed by atoms with Gasteiger partial charge in [-0.1, -0.05) is 65.5 Å². The van der Waals surface area contributed by atoms with Gasteiger partial charge >= 0.3 is 0 Å². The fraction of sp³-hybridized carbons (Fsp3) is 0.944. The summed E-state index contributed by atoms with van der Waals surface area (Å²) in [5.41, 5.74) is 2.72. The lowest BCUT2D eigenvalue weighted by molar-refractivity contribution is -0.0646. The summed E-state index contributed by atoms with van der Waals surface area (Å²) in [6.07, 6.45) is 20.2. The lowest BCUT2D eigenvalue weighted by atomic mass is 9.47. The molecule has 0 saturated heterocycles. The molecule has 3 saturated carbocycles. The summed E-state index contributed by atoms with van der Waals surface area (Å²) in [4.78, 5) is 2.07. The van der Waals surface area contributed by atoms with Crippen LogP contribution < -0.4 is 0 Å². The van der Waals surface area contributed by atoms with Crippen LogP contribution in [-0.4, -0.2) is 62.7 Å². The predicted octanol–water partition coefficient (Wildman–Crippen LogP) is 8.13. The van der Waals surface area contributed by atoms with Gasteiger partial charge in [-0.2, -0.15) is 0 Å². The molecular formula is C36H65NO3. The molecule has 40 heavy (non-hydrogen) atoms. The van der Waals surface area contributed by atoms with Crippen LogP contribution >= 0.6 is 0 Å². The highest BCUT2D eigenvalue weighted by atomic mass is 16.5. The summed E-state index contributed by atoms with van der Waals surface area (Å²) in [5, 5.41) is 9.49. The van der Waals surface area contributed by atoms with Crippen LogP contribution in [-0.2, 0) is 9.47 Å². The van der Waals surface area contributed by atoms with Gasteiger partial charge in [0.2, 0.25) is 0 Å². The molecule has 0 aromatic heterocycles. The fourth-order valence-electron chi connectivity index (χ4n) is 10.1. The van der Waals surface area contributed by atoms with Crippen LogP contribution in [0.2, 0.25) is 0 Å². The third-order valence-electron chi connectivity index (χ3n) is 12.3. The number of likely N-dealkylation sites (N-methyl/N-ethyl adjacent to an activating group) is 1. The number of aliphatic hydroxyl groups is 1. The van der Waals surface area contributed by atoms with E-state index < -0.39 is 0 Å². The maximum atomic E-state index is 9.49. The SMILES string of the molecule is CC(C)CCCC(C)C1CCC2C3CC=C4C[C@@H](OCCCCOC(CO)CN(C)C)CC[C@]4(C)C3CC[C@]12C. The molecule has 0 radical (unpaired) electrons. The van der Waals surface area contributed by atoms with Crippen LogP contribution in [0.1, 0.15) is 118 Å². The molecule has 0 aromatic rings. The topological polar surface area (TPSA) is 41.9 Å². The number of rotatable bonds is 15. The van der Waals surface area contributed by atoms with Gasteiger partial charge in [0.1, 0.15) is 0 Å². The summed E-state index contributed by atoms with van der Waals surface area (Å²) in [5.74, 6) is 5.42. The van der Waals surface area contributed by atoms with Crippen LogP contribution in [0.3, 0.4) is 0 Å². The number of fused-ring (bicyclic) bond motifs is 5. The molecule has 0 aromatic carbocycles. The van der Waals surface area contributed by atoms with E-state index in [1.807, 2.05) is 14.1 Å². The van der Waals surface area contributed by atoms with Crippen molar-refractivity contribution in [3.63, 3.8) is 0 Å². The molecular weight excluding hydrogens is 494 g/mol. The number of aliphatic hydroxyl groups excluding tert-OH is 1.